The van der Waals surface area contributed by atoms with Gasteiger partial charge < -0.3 is 14.7 Å². The fraction of sp³-hybridized carbons (Fsp3) is 0.538. The van der Waals surface area contributed by atoms with Crippen LogP contribution >= 0.6 is 0 Å². The Bertz CT molecular complexity index is 407. The molecule has 6 heteroatoms. The van der Waals surface area contributed by atoms with Crippen molar-refractivity contribution in [2.75, 3.05) is 26.2 Å². The first-order chi connectivity index (χ1) is 9.06. The number of hydrogen-bond donors (Lipinski definition) is 1. The van der Waals surface area contributed by atoms with Crippen molar-refractivity contribution in [3.8, 4) is 5.75 Å². The van der Waals surface area contributed by atoms with Crippen LogP contribution in [0.15, 0.2) is 24.3 Å². The number of nitrogens with zero attached hydrogens (tertiary/aromatic N) is 2. The number of nitro benzene ring substituents is 1. The van der Waals surface area contributed by atoms with E-state index in [9.17, 15) is 15.2 Å². The Balaban J connectivity index is 2.47. The van der Waals surface area contributed by atoms with Crippen molar-refractivity contribution < 1.29 is 14.8 Å². The van der Waals surface area contributed by atoms with Crippen molar-refractivity contribution in [1.29, 1.82) is 0 Å². The fourth-order valence-corrected chi connectivity index (χ4v) is 1.71. The third kappa shape index (κ3) is 5.23. The Morgan fingerprint density at radius 3 is 2.68 bits per heavy atom. The summed E-state index contributed by atoms with van der Waals surface area (Å²) in [5, 5.41) is 20.4. The number of aliphatic hydroxyl groups excluding tert-OH is 1. The first-order valence-electron chi connectivity index (χ1n) is 6.34. The minimum atomic E-state index is -0.612. The predicted octanol–water partition coefficient (Wildman–Crippen LogP) is 1.68. The molecule has 0 aromatic heterocycles. The van der Waals surface area contributed by atoms with Gasteiger partial charge in [0.2, 0.25) is 0 Å². The maximum atomic E-state index is 10.6. The Hall–Kier alpha value is -1.66. The molecule has 1 rings (SSSR count). The molecule has 0 aliphatic carbocycles. The van der Waals surface area contributed by atoms with E-state index in [1.807, 2.05) is 13.8 Å². The molecule has 19 heavy (non-hydrogen) atoms. The molecule has 1 aromatic rings. The molecular formula is C13H20N2O4. The van der Waals surface area contributed by atoms with E-state index in [2.05, 4.69) is 4.90 Å². The molecule has 1 aromatic carbocycles. The van der Waals surface area contributed by atoms with Gasteiger partial charge in [-0.1, -0.05) is 19.9 Å². The van der Waals surface area contributed by atoms with Crippen LogP contribution in [0.4, 0.5) is 5.69 Å². The smallest absolute Gasteiger partial charge is 0.273 e. The largest absolute Gasteiger partial charge is 0.491 e. The molecule has 1 unspecified atom stereocenters. The molecule has 1 atom stereocenters. The van der Waals surface area contributed by atoms with Gasteiger partial charge >= 0.3 is 0 Å². The van der Waals surface area contributed by atoms with Gasteiger partial charge in [-0.15, -0.1) is 0 Å². The molecule has 0 heterocycles. The molecule has 0 aliphatic rings. The zero-order chi connectivity index (χ0) is 14.3. The second-order valence-electron chi connectivity index (χ2n) is 4.21. The van der Waals surface area contributed by atoms with Crippen LogP contribution in [0.25, 0.3) is 0 Å². The maximum absolute atomic E-state index is 10.6. The summed E-state index contributed by atoms with van der Waals surface area (Å²) in [6, 6.07) is 5.95. The van der Waals surface area contributed by atoms with E-state index in [-0.39, 0.29) is 12.3 Å². The van der Waals surface area contributed by atoms with Crippen molar-refractivity contribution in [2.45, 2.75) is 20.0 Å². The lowest BCUT2D eigenvalue weighted by molar-refractivity contribution is -0.384. The second-order valence-corrected chi connectivity index (χ2v) is 4.21. The summed E-state index contributed by atoms with van der Waals surface area (Å²) in [5.74, 6) is 0.396. The van der Waals surface area contributed by atoms with E-state index in [4.69, 9.17) is 4.74 Å². The zero-order valence-corrected chi connectivity index (χ0v) is 11.3. The Morgan fingerprint density at radius 1 is 1.42 bits per heavy atom. The van der Waals surface area contributed by atoms with E-state index in [0.29, 0.717) is 12.3 Å². The number of likely N-dealkylation sites (N-methyl/N-ethyl adjacent to an activating group) is 1. The molecule has 0 fully saturated rings. The van der Waals surface area contributed by atoms with E-state index in [1.165, 1.54) is 12.1 Å². The first-order valence-corrected chi connectivity index (χ1v) is 6.34. The second kappa shape index (κ2) is 7.70. The van der Waals surface area contributed by atoms with Gasteiger partial charge in [0, 0.05) is 12.6 Å². The number of hydrogen-bond acceptors (Lipinski definition) is 5. The number of nitro groups is 1. The number of ether oxygens (including phenoxy) is 1. The lowest BCUT2D eigenvalue weighted by Crippen LogP contribution is -2.35. The van der Waals surface area contributed by atoms with E-state index < -0.39 is 11.0 Å². The Morgan fingerprint density at radius 2 is 2.11 bits per heavy atom. The normalized spacial score (nSPS) is 12.4. The molecule has 0 saturated carbocycles. The number of non-ortho nitro benzene ring substituents is 1. The molecule has 0 bridgehead atoms. The SMILES string of the molecule is CCN(CC)CC(O)COc1cccc([N+](=O)[O-])c1. The van der Waals surface area contributed by atoms with Gasteiger partial charge in [-0.05, 0) is 19.2 Å². The molecule has 0 aliphatic heterocycles. The molecule has 0 spiro atoms. The summed E-state index contributed by atoms with van der Waals surface area (Å²) in [6.07, 6.45) is -0.612. The lowest BCUT2D eigenvalue weighted by Gasteiger charge is -2.21. The van der Waals surface area contributed by atoms with E-state index >= 15 is 0 Å². The van der Waals surface area contributed by atoms with Crippen molar-refractivity contribution in [2.24, 2.45) is 0 Å². The summed E-state index contributed by atoms with van der Waals surface area (Å²) < 4.78 is 5.37. The van der Waals surface area contributed by atoms with Crippen LogP contribution < -0.4 is 4.74 Å². The van der Waals surface area contributed by atoms with E-state index in [0.717, 1.165) is 13.1 Å². The molecule has 106 valence electrons. The summed E-state index contributed by atoms with van der Waals surface area (Å²) in [6.45, 7) is 6.43. The minimum Gasteiger partial charge on any atom is -0.491 e. The highest BCUT2D eigenvalue weighted by molar-refractivity contribution is 5.37. The molecule has 0 radical (unpaired) electrons. The predicted molar refractivity (Wildman–Crippen MR) is 72.4 cm³/mol. The molecule has 6 nitrogen and oxygen atoms in total. The highest BCUT2D eigenvalue weighted by Gasteiger charge is 2.11. The number of aliphatic hydroxyl groups is 1. The highest BCUT2D eigenvalue weighted by atomic mass is 16.6. The van der Waals surface area contributed by atoms with Crippen LogP contribution in [-0.2, 0) is 0 Å². The van der Waals surface area contributed by atoms with Crippen LogP contribution in [0, 0.1) is 10.1 Å². The maximum Gasteiger partial charge on any atom is 0.273 e. The molecule has 0 amide bonds. The van der Waals surface area contributed by atoms with Gasteiger partial charge in [-0.2, -0.15) is 0 Å². The number of rotatable bonds is 8. The monoisotopic (exact) mass is 268 g/mol. The summed E-state index contributed by atoms with van der Waals surface area (Å²) >= 11 is 0. The van der Waals surface area contributed by atoms with E-state index in [1.54, 1.807) is 12.1 Å². The third-order valence-electron chi connectivity index (χ3n) is 2.83. The average molecular weight is 268 g/mol. The van der Waals surface area contributed by atoms with Gasteiger partial charge in [0.1, 0.15) is 18.5 Å². The van der Waals surface area contributed by atoms with Gasteiger partial charge in [-0.25, -0.2) is 0 Å². The topological polar surface area (TPSA) is 75.8 Å². The minimum absolute atomic E-state index is 0.0178. The van der Waals surface area contributed by atoms with Crippen molar-refractivity contribution in [1.82, 2.24) is 4.90 Å². The average Bonchev–Trinajstić information content (AvgIpc) is 2.42. The first kappa shape index (κ1) is 15.4. The van der Waals surface area contributed by atoms with Gasteiger partial charge in [0.25, 0.3) is 5.69 Å². The Kier molecular flexibility index (Phi) is 6.24. The van der Waals surface area contributed by atoms with Crippen LogP contribution in [0.2, 0.25) is 0 Å². The van der Waals surface area contributed by atoms with Crippen molar-refractivity contribution >= 4 is 5.69 Å². The Labute approximate surface area is 112 Å². The van der Waals surface area contributed by atoms with Crippen LogP contribution in [0.3, 0.4) is 0 Å². The highest BCUT2D eigenvalue weighted by Crippen LogP contribution is 2.19. The van der Waals surface area contributed by atoms with Crippen LogP contribution in [0.1, 0.15) is 13.8 Å². The van der Waals surface area contributed by atoms with Crippen molar-refractivity contribution in [3.05, 3.63) is 34.4 Å². The van der Waals surface area contributed by atoms with Gasteiger partial charge in [0.05, 0.1) is 11.0 Å². The summed E-state index contributed by atoms with van der Waals surface area (Å²) in [5.41, 5.74) is -0.0178. The lowest BCUT2D eigenvalue weighted by atomic mass is 10.3. The third-order valence-corrected chi connectivity index (χ3v) is 2.83. The quantitative estimate of drug-likeness (QED) is 0.573. The van der Waals surface area contributed by atoms with Crippen LogP contribution in [-0.4, -0.2) is 47.3 Å². The molecule has 1 N–H and O–H groups in total. The summed E-state index contributed by atoms with van der Waals surface area (Å²) in [4.78, 5) is 12.2. The number of benzene rings is 1. The fourth-order valence-electron chi connectivity index (χ4n) is 1.71. The zero-order valence-electron chi connectivity index (χ0n) is 11.3. The molecule has 0 saturated heterocycles. The summed E-state index contributed by atoms with van der Waals surface area (Å²) in [7, 11) is 0. The van der Waals surface area contributed by atoms with Gasteiger partial charge in [0.15, 0.2) is 0 Å². The van der Waals surface area contributed by atoms with Crippen molar-refractivity contribution in [3.63, 3.8) is 0 Å². The molecular weight excluding hydrogens is 248 g/mol. The van der Waals surface area contributed by atoms with Gasteiger partial charge in [-0.3, -0.25) is 10.1 Å². The van der Waals surface area contributed by atoms with Crippen LogP contribution in [0.5, 0.6) is 5.75 Å². The standard InChI is InChI=1S/C13H20N2O4/c1-3-14(4-2)9-12(16)10-19-13-7-5-6-11(8-13)15(17)18/h5-8,12,16H,3-4,9-10H2,1-2H3.